The molecule has 0 amide bonds. The monoisotopic (exact) mass is 211 g/mol. The Hall–Kier alpha value is -2.35. The van der Waals surface area contributed by atoms with Crippen LogP contribution in [-0.4, -0.2) is 23.1 Å². The molecule has 1 N–H and O–H groups in total. The number of hydrogen-bond donors (Lipinski definition) is 1. The topological polar surface area (TPSA) is 63.8 Å². The molecule has 0 saturated heterocycles. The van der Waals surface area contributed by atoms with Crippen LogP contribution in [0.4, 0.5) is 0 Å². The first kappa shape index (κ1) is 8.92. The standard InChI is InChI=1S/C11H9N5/c1-7-14-10-4-2-3-9-13-6-8(5-12)11(15-7)16(9)10/h2-4H,6H2,1H3,(H,14,15). The van der Waals surface area contributed by atoms with Crippen LogP contribution in [0.1, 0.15) is 6.92 Å². The van der Waals surface area contributed by atoms with Crippen LogP contribution >= 0.6 is 0 Å². The molecule has 5 nitrogen and oxygen atoms in total. The summed E-state index contributed by atoms with van der Waals surface area (Å²) in [5.74, 6) is 3.22. The third-order valence-electron chi connectivity index (χ3n) is 2.57. The summed E-state index contributed by atoms with van der Waals surface area (Å²) < 4.78 is 0. The minimum Gasteiger partial charge on any atom is -0.330 e. The fourth-order valence-electron chi connectivity index (χ4n) is 1.88. The van der Waals surface area contributed by atoms with E-state index in [2.05, 4.69) is 21.4 Å². The molecule has 0 spiro atoms. The second kappa shape index (κ2) is 3.07. The van der Waals surface area contributed by atoms with Gasteiger partial charge in [-0.05, 0) is 19.1 Å². The Morgan fingerprint density at radius 3 is 3.25 bits per heavy atom. The molecule has 16 heavy (non-hydrogen) atoms. The van der Waals surface area contributed by atoms with Crippen LogP contribution in [0.2, 0.25) is 0 Å². The number of nitrogens with zero attached hydrogens (tertiary/aromatic N) is 4. The van der Waals surface area contributed by atoms with Gasteiger partial charge in [0.25, 0.3) is 0 Å². The molecule has 0 radical (unpaired) electrons. The fourth-order valence-corrected chi connectivity index (χ4v) is 1.88. The summed E-state index contributed by atoms with van der Waals surface area (Å²) in [6, 6.07) is 2.16. The third kappa shape index (κ3) is 1.10. The highest BCUT2D eigenvalue weighted by Crippen LogP contribution is 2.27. The van der Waals surface area contributed by atoms with Crippen LogP contribution in [0.5, 0.6) is 0 Å². The van der Waals surface area contributed by atoms with Crippen molar-refractivity contribution in [3.63, 3.8) is 0 Å². The molecule has 3 aliphatic heterocycles. The smallest absolute Gasteiger partial charge is 0.157 e. The number of aliphatic imine (C=N–C) groups is 2. The van der Waals surface area contributed by atoms with E-state index in [9.17, 15) is 0 Å². The number of rotatable bonds is 0. The van der Waals surface area contributed by atoms with Gasteiger partial charge >= 0.3 is 0 Å². The zero-order valence-electron chi connectivity index (χ0n) is 8.73. The normalized spacial score (nSPS) is 21.5. The van der Waals surface area contributed by atoms with E-state index in [0.29, 0.717) is 17.9 Å². The van der Waals surface area contributed by atoms with Crippen LogP contribution in [-0.2, 0) is 0 Å². The van der Waals surface area contributed by atoms with Crippen molar-refractivity contribution >= 4 is 11.7 Å². The van der Waals surface area contributed by atoms with E-state index < -0.39 is 0 Å². The van der Waals surface area contributed by atoms with Gasteiger partial charge in [0.1, 0.15) is 23.6 Å². The van der Waals surface area contributed by atoms with E-state index in [-0.39, 0.29) is 0 Å². The molecule has 3 heterocycles. The summed E-state index contributed by atoms with van der Waals surface area (Å²) in [5.41, 5.74) is 0.603. The lowest BCUT2D eigenvalue weighted by Gasteiger charge is -2.35. The summed E-state index contributed by atoms with van der Waals surface area (Å²) in [7, 11) is 0. The van der Waals surface area contributed by atoms with Crippen LogP contribution in [0.25, 0.3) is 0 Å². The van der Waals surface area contributed by atoms with E-state index in [1.54, 1.807) is 0 Å². The molecule has 0 atom stereocenters. The van der Waals surface area contributed by atoms with Crippen molar-refractivity contribution in [2.24, 2.45) is 9.98 Å². The van der Waals surface area contributed by atoms with E-state index in [1.165, 1.54) is 0 Å². The molecule has 0 aromatic carbocycles. The molecule has 0 saturated carbocycles. The lowest BCUT2D eigenvalue weighted by Crippen LogP contribution is -2.44. The van der Waals surface area contributed by atoms with Gasteiger partial charge in [-0.2, -0.15) is 5.26 Å². The second-order valence-electron chi connectivity index (χ2n) is 3.66. The van der Waals surface area contributed by atoms with Gasteiger partial charge in [0.05, 0.1) is 12.1 Å². The molecule has 3 aliphatic rings. The summed E-state index contributed by atoms with van der Waals surface area (Å²) in [5, 5.41) is 12.2. The largest absolute Gasteiger partial charge is 0.330 e. The Morgan fingerprint density at radius 2 is 2.44 bits per heavy atom. The average Bonchev–Trinajstić information content (AvgIpc) is 2.29. The van der Waals surface area contributed by atoms with Crippen molar-refractivity contribution in [2.75, 3.05) is 6.54 Å². The Labute approximate surface area is 92.8 Å². The lowest BCUT2D eigenvalue weighted by molar-refractivity contribution is 0.550. The summed E-state index contributed by atoms with van der Waals surface area (Å²) in [4.78, 5) is 10.6. The molecular formula is C11H9N5. The zero-order chi connectivity index (χ0) is 11.1. The quantitative estimate of drug-likeness (QED) is 0.646. The fraction of sp³-hybridized carbons (Fsp3) is 0.182. The molecule has 0 aromatic heterocycles. The predicted octanol–water partition coefficient (Wildman–Crippen LogP) is 0.868. The van der Waals surface area contributed by atoms with Crippen molar-refractivity contribution in [3.8, 4) is 6.07 Å². The van der Waals surface area contributed by atoms with Crippen LogP contribution in [0.15, 0.2) is 45.4 Å². The second-order valence-corrected chi connectivity index (χ2v) is 3.66. The third-order valence-corrected chi connectivity index (χ3v) is 2.57. The van der Waals surface area contributed by atoms with Gasteiger partial charge in [-0.1, -0.05) is 6.08 Å². The SMILES string of the molecule is CC1=NC2=C(C#N)CN=C3C=CC=C(N1)N32. The first-order chi connectivity index (χ1) is 7.79. The maximum absolute atomic E-state index is 9.05. The Kier molecular flexibility index (Phi) is 1.71. The molecule has 0 fully saturated rings. The minimum absolute atomic E-state index is 0.409. The van der Waals surface area contributed by atoms with E-state index in [0.717, 1.165) is 17.5 Å². The van der Waals surface area contributed by atoms with Crippen molar-refractivity contribution < 1.29 is 0 Å². The van der Waals surface area contributed by atoms with Gasteiger partial charge in [-0.25, -0.2) is 4.99 Å². The maximum atomic E-state index is 9.05. The Bertz CT molecular complexity index is 553. The van der Waals surface area contributed by atoms with Crippen molar-refractivity contribution in [1.29, 1.82) is 5.26 Å². The van der Waals surface area contributed by atoms with Crippen LogP contribution in [0, 0.1) is 11.3 Å². The molecule has 0 bridgehead atoms. The molecule has 0 aliphatic carbocycles. The van der Waals surface area contributed by atoms with Crippen molar-refractivity contribution in [2.45, 2.75) is 6.92 Å². The van der Waals surface area contributed by atoms with Crippen molar-refractivity contribution in [1.82, 2.24) is 10.2 Å². The molecule has 5 heteroatoms. The van der Waals surface area contributed by atoms with E-state index >= 15 is 0 Å². The van der Waals surface area contributed by atoms with Crippen LogP contribution in [0.3, 0.4) is 0 Å². The van der Waals surface area contributed by atoms with Crippen LogP contribution < -0.4 is 5.32 Å². The van der Waals surface area contributed by atoms with Gasteiger partial charge < -0.3 is 5.32 Å². The van der Waals surface area contributed by atoms with Gasteiger partial charge in [-0.15, -0.1) is 0 Å². The van der Waals surface area contributed by atoms with Crippen molar-refractivity contribution in [3.05, 3.63) is 35.4 Å². The first-order valence-electron chi connectivity index (χ1n) is 4.98. The molecule has 0 unspecified atom stereocenters. The van der Waals surface area contributed by atoms with Gasteiger partial charge in [0.15, 0.2) is 5.82 Å². The summed E-state index contributed by atoms with van der Waals surface area (Å²) >= 11 is 0. The van der Waals surface area contributed by atoms with Gasteiger partial charge in [0.2, 0.25) is 0 Å². The average molecular weight is 211 g/mol. The summed E-state index contributed by atoms with van der Waals surface area (Å²) in [6.45, 7) is 2.29. The summed E-state index contributed by atoms with van der Waals surface area (Å²) in [6.07, 6.45) is 5.79. The highest BCUT2D eigenvalue weighted by molar-refractivity contribution is 6.00. The molecule has 78 valence electrons. The molecule has 3 rings (SSSR count). The number of allylic oxidation sites excluding steroid dienone is 2. The minimum atomic E-state index is 0.409. The highest BCUT2D eigenvalue weighted by atomic mass is 15.4. The maximum Gasteiger partial charge on any atom is 0.157 e. The zero-order valence-corrected chi connectivity index (χ0v) is 8.73. The Balaban J connectivity index is 2.22. The highest BCUT2D eigenvalue weighted by Gasteiger charge is 2.30. The number of amidine groups is 2. The number of nitriles is 1. The Morgan fingerprint density at radius 1 is 1.56 bits per heavy atom. The number of hydrogen-bond acceptors (Lipinski definition) is 5. The number of nitrogens with one attached hydrogen (secondary N) is 1. The lowest BCUT2D eigenvalue weighted by atomic mass is 10.1. The molecule has 0 aromatic rings. The van der Waals surface area contributed by atoms with Gasteiger partial charge in [-0.3, -0.25) is 9.89 Å². The van der Waals surface area contributed by atoms with E-state index in [4.69, 9.17) is 5.26 Å². The van der Waals surface area contributed by atoms with E-state index in [1.807, 2.05) is 30.1 Å². The molecular weight excluding hydrogens is 202 g/mol. The van der Waals surface area contributed by atoms with Gasteiger partial charge in [0, 0.05) is 0 Å². The first-order valence-corrected chi connectivity index (χ1v) is 4.98. The predicted molar refractivity (Wildman–Crippen MR) is 60.2 cm³/mol.